The number of aromatic nitrogens is 3. The molecule has 1 N–H and O–H groups in total. The van der Waals surface area contributed by atoms with Gasteiger partial charge in [0.25, 0.3) is 0 Å². The second-order valence-electron chi connectivity index (χ2n) is 6.78. The lowest BCUT2D eigenvalue weighted by Crippen LogP contribution is -2.21. The van der Waals surface area contributed by atoms with E-state index in [-0.39, 0.29) is 0 Å². The smallest absolute Gasteiger partial charge is 0.166 e. The summed E-state index contributed by atoms with van der Waals surface area (Å²) in [6.45, 7) is 9.72. The van der Waals surface area contributed by atoms with Crippen LogP contribution in [0.2, 0.25) is 0 Å². The van der Waals surface area contributed by atoms with Crippen molar-refractivity contribution in [2.45, 2.75) is 38.1 Å². The molecular formula is C22H30N4O2S. The number of H-pyrrole nitrogens is 1. The Balaban J connectivity index is 1.67. The number of nitrogens with one attached hydrogen (secondary N) is 1. The van der Waals surface area contributed by atoms with E-state index in [1.165, 1.54) is 5.69 Å². The maximum Gasteiger partial charge on any atom is 0.166 e. The number of imidazole rings is 1. The van der Waals surface area contributed by atoms with Gasteiger partial charge in [0.2, 0.25) is 0 Å². The zero-order valence-corrected chi connectivity index (χ0v) is 18.5. The van der Waals surface area contributed by atoms with Gasteiger partial charge >= 0.3 is 0 Å². The topological polar surface area (TPSA) is 63.3 Å². The van der Waals surface area contributed by atoms with Crippen molar-refractivity contribution in [3.05, 3.63) is 41.7 Å². The summed E-state index contributed by atoms with van der Waals surface area (Å²) in [6, 6.07) is 8.34. The fourth-order valence-corrected chi connectivity index (χ4v) is 4.12. The van der Waals surface area contributed by atoms with E-state index in [0.717, 1.165) is 58.5 Å². The molecule has 3 aromatic rings. The van der Waals surface area contributed by atoms with E-state index in [1.54, 1.807) is 18.9 Å². The third-order valence-electron chi connectivity index (χ3n) is 4.93. The van der Waals surface area contributed by atoms with Crippen molar-refractivity contribution in [1.29, 1.82) is 0 Å². The Hall–Kier alpha value is -2.25. The Morgan fingerprint density at radius 2 is 1.97 bits per heavy atom. The molecule has 0 saturated heterocycles. The summed E-state index contributed by atoms with van der Waals surface area (Å²) in [5.41, 5.74) is 5.36. The molecule has 0 fully saturated rings. The number of pyridine rings is 1. The zero-order chi connectivity index (χ0) is 20.6. The predicted octanol–water partition coefficient (Wildman–Crippen LogP) is 4.82. The molecule has 2 aromatic heterocycles. The molecule has 0 spiro atoms. The first-order valence-electron chi connectivity index (χ1n) is 10.1. The Morgan fingerprint density at radius 3 is 2.72 bits per heavy atom. The average Bonchev–Trinajstić information content (AvgIpc) is 3.14. The average molecular weight is 415 g/mol. The van der Waals surface area contributed by atoms with Crippen molar-refractivity contribution >= 4 is 28.5 Å². The quantitative estimate of drug-likeness (QED) is 0.358. The summed E-state index contributed by atoms with van der Waals surface area (Å²) in [5.74, 6) is 1.63. The molecule has 0 atom stereocenters. The van der Waals surface area contributed by atoms with Crippen LogP contribution < -0.4 is 9.64 Å². The standard InChI is InChI=1S/C22H30N4O2S/c1-5-26(6-2)17-8-9-18-19(14-17)25-22(24-18)29-15-20-16(3)21(10-11-23-20)28-13-7-12-27-4/h8-11,14H,5-7,12-13,15H2,1-4H3,(H,24,25). The first kappa shape index (κ1) is 21.5. The maximum atomic E-state index is 5.88. The molecule has 0 bridgehead atoms. The van der Waals surface area contributed by atoms with Gasteiger partial charge in [-0.2, -0.15) is 0 Å². The number of rotatable bonds is 11. The monoisotopic (exact) mass is 414 g/mol. The van der Waals surface area contributed by atoms with Crippen LogP contribution in [0.1, 0.15) is 31.5 Å². The Kier molecular flexibility index (Phi) is 7.77. The van der Waals surface area contributed by atoms with Gasteiger partial charge in [-0.05, 0) is 45.0 Å². The van der Waals surface area contributed by atoms with Gasteiger partial charge in [-0.1, -0.05) is 11.8 Å². The highest BCUT2D eigenvalue weighted by Gasteiger charge is 2.11. The molecule has 6 nitrogen and oxygen atoms in total. The van der Waals surface area contributed by atoms with Gasteiger partial charge in [-0.15, -0.1) is 0 Å². The third-order valence-corrected chi connectivity index (χ3v) is 5.81. The highest BCUT2D eigenvalue weighted by atomic mass is 32.2. The number of hydrogen-bond donors (Lipinski definition) is 1. The molecule has 0 aliphatic rings. The predicted molar refractivity (Wildman–Crippen MR) is 120 cm³/mol. The van der Waals surface area contributed by atoms with Crippen LogP contribution in [0.15, 0.2) is 35.6 Å². The van der Waals surface area contributed by atoms with Crippen molar-refractivity contribution in [3.8, 4) is 5.75 Å². The SMILES string of the molecule is CCN(CC)c1ccc2[nH]c(SCc3nccc(OCCCOC)c3C)nc2c1. The lowest BCUT2D eigenvalue weighted by atomic mass is 10.2. The Bertz CT molecular complexity index is 924. The molecule has 2 heterocycles. The van der Waals surface area contributed by atoms with Gasteiger partial charge in [-0.25, -0.2) is 4.98 Å². The van der Waals surface area contributed by atoms with Crippen molar-refractivity contribution in [2.75, 3.05) is 38.3 Å². The van der Waals surface area contributed by atoms with E-state index in [2.05, 4.69) is 53.8 Å². The number of aromatic amines is 1. The number of nitrogens with zero attached hydrogens (tertiary/aromatic N) is 3. The van der Waals surface area contributed by atoms with Gasteiger partial charge in [0.05, 0.1) is 23.3 Å². The van der Waals surface area contributed by atoms with Crippen molar-refractivity contribution in [1.82, 2.24) is 15.0 Å². The van der Waals surface area contributed by atoms with Gasteiger partial charge in [-0.3, -0.25) is 4.98 Å². The molecule has 3 rings (SSSR count). The number of fused-ring (bicyclic) bond motifs is 1. The fourth-order valence-electron chi connectivity index (χ4n) is 3.21. The lowest BCUT2D eigenvalue weighted by Gasteiger charge is -2.20. The summed E-state index contributed by atoms with van der Waals surface area (Å²) in [5, 5.41) is 0.907. The van der Waals surface area contributed by atoms with Crippen LogP contribution in [-0.4, -0.2) is 48.4 Å². The molecule has 0 radical (unpaired) electrons. The number of methoxy groups -OCH3 is 1. The van der Waals surface area contributed by atoms with E-state index in [9.17, 15) is 0 Å². The number of ether oxygens (including phenoxy) is 2. The second-order valence-corrected chi connectivity index (χ2v) is 7.74. The molecule has 29 heavy (non-hydrogen) atoms. The molecule has 7 heteroatoms. The Morgan fingerprint density at radius 1 is 1.14 bits per heavy atom. The summed E-state index contributed by atoms with van der Waals surface area (Å²) >= 11 is 1.66. The van der Waals surface area contributed by atoms with Crippen molar-refractivity contribution in [2.24, 2.45) is 0 Å². The fraction of sp³-hybridized carbons (Fsp3) is 0.455. The van der Waals surface area contributed by atoms with Crippen LogP contribution in [0.4, 0.5) is 5.69 Å². The summed E-state index contributed by atoms with van der Waals surface area (Å²) < 4.78 is 10.9. The number of benzene rings is 1. The molecule has 156 valence electrons. The van der Waals surface area contributed by atoms with Gasteiger partial charge in [0.15, 0.2) is 5.16 Å². The normalized spacial score (nSPS) is 11.2. The van der Waals surface area contributed by atoms with Crippen molar-refractivity contribution < 1.29 is 9.47 Å². The first-order chi connectivity index (χ1) is 14.2. The van der Waals surface area contributed by atoms with Gasteiger partial charge in [0, 0.05) is 56.4 Å². The van der Waals surface area contributed by atoms with Crippen LogP contribution >= 0.6 is 11.8 Å². The van der Waals surface area contributed by atoms with E-state index >= 15 is 0 Å². The molecule has 0 aliphatic heterocycles. The molecular weight excluding hydrogens is 384 g/mol. The summed E-state index contributed by atoms with van der Waals surface area (Å²) in [6.07, 6.45) is 2.68. The largest absolute Gasteiger partial charge is 0.493 e. The number of anilines is 1. The van der Waals surface area contributed by atoms with E-state index in [0.29, 0.717) is 13.2 Å². The van der Waals surface area contributed by atoms with Crippen LogP contribution in [0, 0.1) is 6.92 Å². The number of thioether (sulfide) groups is 1. The maximum absolute atomic E-state index is 5.88. The molecule has 1 aromatic carbocycles. The van der Waals surface area contributed by atoms with Crippen LogP contribution in [0.5, 0.6) is 5.75 Å². The van der Waals surface area contributed by atoms with Crippen LogP contribution in [-0.2, 0) is 10.5 Å². The minimum atomic E-state index is 0.643. The van der Waals surface area contributed by atoms with Crippen LogP contribution in [0.25, 0.3) is 11.0 Å². The minimum absolute atomic E-state index is 0.643. The first-order valence-corrected chi connectivity index (χ1v) is 11.1. The number of hydrogen-bond acceptors (Lipinski definition) is 6. The zero-order valence-electron chi connectivity index (χ0n) is 17.7. The highest BCUT2D eigenvalue weighted by Crippen LogP contribution is 2.28. The highest BCUT2D eigenvalue weighted by molar-refractivity contribution is 7.98. The van der Waals surface area contributed by atoms with Crippen LogP contribution in [0.3, 0.4) is 0 Å². The van der Waals surface area contributed by atoms with E-state index in [1.807, 2.05) is 12.3 Å². The molecule has 0 unspecified atom stereocenters. The van der Waals surface area contributed by atoms with E-state index < -0.39 is 0 Å². The van der Waals surface area contributed by atoms with E-state index in [4.69, 9.17) is 14.5 Å². The summed E-state index contributed by atoms with van der Waals surface area (Å²) in [4.78, 5) is 15.0. The molecule has 0 saturated carbocycles. The second kappa shape index (κ2) is 10.5. The summed E-state index contributed by atoms with van der Waals surface area (Å²) in [7, 11) is 1.70. The van der Waals surface area contributed by atoms with Gasteiger partial charge in [0.1, 0.15) is 5.75 Å². The molecule has 0 aliphatic carbocycles. The minimum Gasteiger partial charge on any atom is -0.493 e. The Labute approximate surface area is 177 Å². The van der Waals surface area contributed by atoms with Crippen molar-refractivity contribution in [3.63, 3.8) is 0 Å². The molecule has 0 amide bonds. The third kappa shape index (κ3) is 5.42. The lowest BCUT2D eigenvalue weighted by molar-refractivity contribution is 0.172. The van der Waals surface area contributed by atoms with Gasteiger partial charge < -0.3 is 19.4 Å².